The molecule has 0 amide bonds. The molecule has 7 nitrogen and oxygen atoms in total. The normalized spacial score (nSPS) is 22.2. The first-order valence-corrected chi connectivity index (χ1v) is 9.00. The number of aliphatic hydroxyl groups excluding tert-OH is 2. The molecule has 0 radical (unpaired) electrons. The summed E-state index contributed by atoms with van der Waals surface area (Å²) in [5.41, 5.74) is 8.55. The topological polar surface area (TPSA) is 111 Å². The summed E-state index contributed by atoms with van der Waals surface area (Å²) in [5.74, 6) is 2.61. The van der Waals surface area contributed by atoms with Crippen LogP contribution in [-0.4, -0.2) is 67.4 Å². The molecule has 1 fully saturated rings. The van der Waals surface area contributed by atoms with Crippen molar-refractivity contribution in [2.45, 2.75) is 19.1 Å². The summed E-state index contributed by atoms with van der Waals surface area (Å²) in [6.45, 7) is 2.53. The Labute approximate surface area is 139 Å². The van der Waals surface area contributed by atoms with E-state index >= 15 is 0 Å². The van der Waals surface area contributed by atoms with E-state index in [4.69, 9.17) is 10.8 Å². The van der Waals surface area contributed by atoms with Gasteiger partial charge in [0.15, 0.2) is 5.82 Å². The Bertz CT molecular complexity index is 650. The fourth-order valence-corrected chi connectivity index (χ4v) is 4.14. The van der Waals surface area contributed by atoms with Gasteiger partial charge in [-0.2, -0.15) is 11.8 Å². The summed E-state index contributed by atoms with van der Waals surface area (Å²) >= 11 is 1.80. The highest BCUT2D eigenvalue weighted by atomic mass is 32.2. The molecule has 2 unspecified atom stereocenters. The van der Waals surface area contributed by atoms with Crippen molar-refractivity contribution in [2.75, 3.05) is 36.9 Å². The van der Waals surface area contributed by atoms with Crippen LogP contribution in [0.2, 0.25) is 0 Å². The summed E-state index contributed by atoms with van der Waals surface area (Å²) < 4.78 is 0. The lowest BCUT2D eigenvalue weighted by Gasteiger charge is -2.14. The van der Waals surface area contributed by atoms with Gasteiger partial charge < -0.3 is 20.9 Å². The predicted molar refractivity (Wildman–Crippen MR) is 92.1 cm³/mol. The lowest BCUT2D eigenvalue weighted by atomic mass is 10.1. The lowest BCUT2D eigenvalue weighted by Crippen LogP contribution is -2.21. The number of aromatic nitrogens is 3. The van der Waals surface area contributed by atoms with E-state index in [-0.39, 0.29) is 18.6 Å². The third kappa shape index (κ3) is 3.77. The number of nitrogens with zero attached hydrogens (tertiary/aromatic N) is 3. The van der Waals surface area contributed by atoms with Gasteiger partial charge in [0.05, 0.1) is 11.6 Å². The molecule has 0 saturated carbocycles. The minimum absolute atomic E-state index is 0.234. The van der Waals surface area contributed by atoms with Crippen molar-refractivity contribution in [3.63, 3.8) is 0 Å². The van der Waals surface area contributed by atoms with E-state index in [1.165, 1.54) is 6.33 Å². The van der Waals surface area contributed by atoms with E-state index in [9.17, 15) is 5.11 Å². The highest BCUT2D eigenvalue weighted by molar-refractivity contribution is 7.99. The van der Waals surface area contributed by atoms with E-state index in [1.807, 2.05) is 6.20 Å². The molecule has 0 aromatic carbocycles. The maximum Gasteiger partial charge on any atom is 0.151 e. The molecule has 0 spiro atoms. The number of hydrogen-bond acceptors (Lipinski definition) is 7. The average Bonchev–Trinajstić information content (AvgIpc) is 3.09. The zero-order chi connectivity index (χ0) is 16.2. The summed E-state index contributed by atoms with van der Waals surface area (Å²) in [4.78, 5) is 13.7. The number of thioether (sulfide) groups is 1. The number of aromatic amines is 1. The number of hydrogen-bond donors (Lipinski definition) is 4. The van der Waals surface area contributed by atoms with Crippen LogP contribution in [0.5, 0.6) is 0 Å². The second-order valence-corrected chi connectivity index (χ2v) is 7.12. The molecule has 1 aliphatic rings. The molecule has 1 aliphatic heterocycles. The minimum Gasteiger partial charge on any atom is -0.396 e. The first kappa shape index (κ1) is 16.5. The van der Waals surface area contributed by atoms with Gasteiger partial charge >= 0.3 is 0 Å². The second kappa shape index (κ2) is 7.48. The second-order valence-electron chi connectivity index (χ2n) is 5.97. The molecule has 1 saturated heterocycles. The molecular weight excluding hydrogens is 314 g/mol. The van der Waals surface area contributed by atoms with Crippen LogP contribution < -0.4 is 5.73 Å². The Kier molecular flexibility index (Phi) is 5.37. The van der Waals surface area contributed by atoms with E-state index < -0.39 is 0 Å². The number of nitrogens with one attached hydrogen (secondary N) is 1. The molecule has 23 heavy (non-hydrogen) atoms. The maximum atomic E-state index is 10.2. The van der Waals surface area contributed by atoms with Gasteiger partial charge in [-0.25, -0.2) is 9.97 Å². The molecule has 0 aliphatic carbocycles. The van der Waals surface area contributed by atoms with Gasteiger partial charge in [-0.15, -0.1) is 0 Å². The molecule has 3 rings (SSSR count). The third-order valence-corrected chi connectivity index (χ3v) is 5.47. The molecule has 2 aromatic rings. The SMILES string of the molecule is Nc1ncnc2c(CN3CC(O)C(CSCCCO)C3)c[nH]c12. The quantitative estimate of drug-likeness (QED) is 0.543. The largest absolute Gasteiger partial charge is 0.396 e. The fourth-order valence-electron chi connectivity index (χ4n) is 3.01. The zero-order valence-electron chi connectivity index (χ0n) is 13.0. The highest BCUT2D eigenvalue weighted by Crippen LogP contribution is 2.26. The van der Waals surface area contributed by atoms with Crippen LogP contribution in [0.15, 0.2) is 12.5 Å². The number of nitrogens with two attached hydrogens (primary N) is 1. The smallest absolute Gasteiger partial charge is 0.151 e. The molecule has 2 atom stereocenters. The summed E-state index contributed by atoms with van der Waals surface area (Å²) in [5, 5.41) is 19.1. The summed E-state index contributed by atoms with van der Waals surface area (Å²) in [6, 6.07) is 0. The van der Waals surface area contributed by atoms with Gasteiger partial charge in [0.25, 0.3) is 0 Å². The van der Waals surface area contributed by atoms with Crippen molar-refractivity contribution in [3.8, 4) is 0 Å². The van der Waals surface area contributed by atoms with Crippen LogP contribution >= 0.6 is 11.8 Å². The van der Waals surface area contributed by atoms with Crippen LogP contribution in [0.4, 0.5) is 5.82 Å². The van der Waals surface area contributed by atoms with Crippen LogP contribution in [-0.2, 0) is 6.54 Å². The number of fused-ring (bicyclic) bond motifs is 1. The van der Waals surface area contributed by atoms with Gasteiger partial charge in [0.2, 0.25) is 0 Å². The summed E-state index contributed by atoms with van der Waals surface area (Å²) in [6.07, 6.45) is 3.93. The number of anilines is 1. The van der Waals surface area contributed by atoms with Crippen molar-refractivity contribution in [1.82, 2.24) is 19.9 Å². The lowest BCUT2D eigenvalue weighted by molar-refractivity contribution is 0.149. The van der Waals surface area contributed by atoms with Gasteiger partial charge in [-0.1, -0.05) is 0 Å². The molecule has 3 heterocycles. The third-order valence-electron chi connectivity index (χ3n) is 4.23. The Morgan fingerprint density at radius 1 is 1.39 bits per heavy atom. The number of rotatable bonds is 7. The van der Waals surface area contributed by atoms with E-state index in [1.54, 1.807) is 11.8 Å². The van der Waals surface area contributed by atoms with E-state index in [2.05, 4.69) is 19.9 Å². The van der Waals surface area contributed by atoms with Crippen LogP contribution in [0.3, 0.4) is 0 Å². The highest BCUT2D eigenvalue weighted by Gasteiger charge is 2.31. The molecular formula is C15H23N5O2S. The first-order chi connectivity index (χ1) is 11.2. The van der Waals surface area contributed by atoms with Crippen molar-refractivity contribution >= 4 is 28.6 Å². The van der Waals surface area contributed by atoms with Crippen molar-refractivity contribution in [1.29, 1.82) is 0 Å². The molecule has 8 heteroatoms. The number of H-pyrrole nitrogens is 1. The van der Waals surface area contributed by atoms with Crippen LogP contribution in [0.1, 0.15) is 12.0 Å². The van der Waals surface area contributed by atoms with Crippen molar-refractivity contribution < 1.29 is 10.2 Å². The Morgan fingerprint density at radius 2 is 2.26 bits per heavy atom. The molecule has 0 bridgehead atoms. The van der Waals surface area contributed by atoms with Crippen LogP contribution in [0.25, 0.3) is 11.0 Å². The van der Waals surface area contributed by atoms with E-state index in [0.29, 0.717) is 12.4 Å². The van der Waals surface area contributed by atoms with E-state index in [0.717, 1.165) is 47.6 Å². The number of likely N-dealkylation sites (tertiary alicyclic amines) is 1. The van der Waals surface area contributed by atoms with Crippen molar-refractivity contribution in [3.05, 3.63) is 18.1 Å². The fraction of sp³-hybridized carbons (Fsp3) is 0.600. The minimum atomic E-state index is -0.290. The predicted octanol–water partition coefficient (Wildman–Crippen LogP) is 0.448. The number of nitrogen functional groups attached to an aromatic ring is 1. The average molecular weight is 337 g/mol. The molecule has 2 aromatic heterocycles. The number of aliphatic hydroxyl groups is 2. The first-order valence-electron chi connectivity index (χ1n) is 7.84. The Morgan fingerprint density at radius 3 is 3.09 bits per heavy atom. The van der Waals surface area contributed by atoms with Crippen molar-refractivity contribution in [2.24, 2.45) is 5.92 Å². The van der Waals surface area contributed by atoms with Gasteiger partial charge in [-0.3, -0.25) is 4.90 Å². The maximum absolute atomic E-state index is 10.2. The van der Waals surface area contributed by atoms with Gasteiger partial charge in [0.1, 0.15) is 11.8 Å². The van der Waals surface area contributed by atoms with Crippen LogP contribution in [0, 0.1) is 5.92 Å². The molecule has 126 valence electrons. The van der Waals surface area contributed by atoms with Gasteiger partial charge in [0, 0.05) is 43.9 Å². The summed E-state index contributed by atoms with van der Waals surface area (Å²) in [7, 11) is 0. The zero-order valence-corrected chi connectivity index (χ0v) is 13.8. The number of β-amino-alcohol motifs (C(OH)–C–C–N with tert-alkyl or cyclic N) is 1. The molecule has 5 N–H and O–H groups in total. The Balaban J connectivity index is 1.59. The van der Waals surface area contributed by atoms with Gasteiger partial charge in [-0.05, 0) is 17.9 Å². The Hall–Kier alpha value is -1.35. The standard InChI is InChI=1S/C15H23N5O2S/c16-15-14-13(18-9-19-15)10(4-17-14)5-20-6-11(12(22)7-20)8-23-3-1-2-21/h4,9,11-12,17,21-22H,1-3,5-8H2,(H2,16,18,19). The monoisotopic (exact) mass is 337 g/mol.